The first kappa shape index (κ1) is 10.0. The van der Waals surface area contributed by atoms with Crippen LogP contribution in [0.4, 0.5) is 5.95 Å². The van der Waals surface area contributed by atoms with Crippen molar-refractivity contribution in [1.82, 2.24) is 19.7 Å². The molecule has 5 nitrogen and oxygen atoms in total. The molecule has 17 heavy (non-hydrogen) atoms. The van der Waals surface area contributed by atoms with Gasteiger partial charge in [0.15, 0.2) is 11.0 Å². The highest BCUT2D eigenvalue weighted by Gasteiger charge is 2.10. The third-order valence-electron chi connectivity index (χ3n) is 2.43. The van der Waals surface area contributed by atoms with Gasteiger partial charge < -0.3 is 5.73 Å². The monoisotopic (exact) mass is 245 g/mol. The van der Waals surface area contributed by atoms with E-state index in [1.54, 1.807) is 16.7 Å². The number of benzene rings is 1. The van der Waals surface area contributed by atoms with Crippen LogP contribution in [0.25, 0.3) is 16.9 Å². The van der Waals surface area contributed by atoms with Gasteiger partial charge in [0.25, 0.3) is 0 Å². The van der Waals surface area contributed by atoms with Crippen LogP contribution < -0.4 is 5.73 Å². The highest BCUT2D eigenvalue weighted by atomic mass is 35.5. The smallest absolute Gasteiger partial charge is 0.207 e. The molecule has 0 saturated carbocycles. The van der Waals surface area contributed by atoms with Crippen molar-refractivity contribution in [2.75, 3.05) is 5.73 Å². The van der Waals surface area contributed by atoms with Gasteiger partial charge in [-0.15, -0.1) is 10.2 Å². The van der Waals surface area contributed by atoms with E-state index in [1.165, 1.54) is 0 Å². The summed E-state index contributed by atoms with van der Waals surface area (Å²) in [5.41, 5.74) is 7.59. The van der Waals surface area contributed by atoms with Gasteiger partial charge in [-0.2, -0.15) is 0 Å². The summed E-state index contributed by atoms with van der Waals surface area (Å²) in [7, 11) is 0. The molecule has 0 atom stereocenters. The topological polar surface area (TPSA) is 69.6 Å². The summed E-state index contributed by atoms with van der Waals surface area (Å²) in [6, 6.07) is 11.1. The molecule has 0 aliphatic heterocycles. The lowest BCUT2D eigenvalue weighted by atomic mass is 10.3. The molecule has 84 valence electrons. The fourth-order valence-electron chi connectivity index (χ4n) is 1.71. The van der Waals surface area contributed by atoms with Crippen LogP contribution in [0.1, 0.15) is 0 Å². The minimum absolute atomic E-state index is 0.344. The molecule has 2 aromatic heterocycles. The third kappa shape index (κ3) is 1.60. The van der Waals surface area contributed by atoms with E-state index in [0.29, 0.717) is 16.9 Å². The second kappa shape index (κ2) is 3.71. The molecule has 0 radical (unpaired) electrons. The minimum atomic E-state index is 0.344. The number of aromatic nitrogens is 4. The van der Waals surface area contributed by atoms with E-state index in [-0.39, 0.29) is 0 Å². The lowest BCUT2D eigenvalue weighted by Crippen LogP contribution is -2.03. The van der Waals surface area contributed by atoms with E-state index < -0.39 is 0 Å². The number of nitrogens with two attached hydrogens (primary N) is 1. The first-order valence-corrected chi connectivity index (χ1v) is 5.36. The average molecular weight is 246 g/mol. The van der Waals surface area contributed by atoms with Gasteiger partial charge in [0.05, 0.1) is 11.0 Å². The van der Waals surface area contributed by atoms with Crippen LogP contribution in [0, 0.1) is 0 Å². The first-order valence-electron chi connectivity index (χ1n) is 4.98. The number of halogens is 1. The summed E-state index contributed by atoms with van der Waals surface area (Å²) >= 11 is 5.70. The molecular formula is C11H8ClN5. The summed E-state index contributed by atoms with van der Waals surface area (Å²) in [6.07, 6.45) is 0. The number of imidazole rings is 1. The fraction of sp³-hybridized carbons (Fsp3) is 0. The molecule has 0 aliphatic rings. The zero-order chi connectivity index (χ0) is 11.8. The van der Waals surface area contributed by atoms with Crippen molar-refractivity contribution >= 4 is 28.6 Å². The van der Waals surface area contributed by atoms with E-state index in [4.69, 9.17) is 17.3 Å². The second-order valence-electron chi connectivity index (χ2n) is 3.51. The third-order valence-corrected chi connectivity index (χ3v) is 2.64. The van der Waals surface area contributed by atoms with Gasteiger partial charge in [0, 0.05) is 0 Å². The van der Waals surface area contributed by atoms with E-state index in [9.17, 15) is 0 Å². The molecule has 0 amide bonds. The fourth-order valence-corrected chi connectivity index (χ4v) is 1.81. The van der Waals surface area contributed by atoms with Gasteiger partial charge in [-0.25, -0.2) is 4.98 Å². The van der Waals surface area contributed by atoms with Gasteiger partial charge in [-0.1, -0.05) is 23.7 Å². The largest absolute Gasteiger partial charge is 0.369 e. The van der Waals surface area contributed by atoms with E-state index in [0.717, 1.165) is 11.0 Å². The predicted molar refractivity (Wildman–Crippen MR) is 66.1 cm³/mol. The molecule has 2 heterocycles. The second-order valence-corrected chi connectivity index (χ2v) is 3.90. The number of para-hydroxylation sites is 2. The van der Waals surface area contributed by atoms with Gasteiger partial charge in [-0.05, 0) is 24.3 Å². The number of hydrogen-bond acceptors (Lipinski definition) is 4. The number of nitrogens with zero attached hydrogens (tertiary/aromatic N) is 4. The lowest BCUT2D eigenvalue weighted by Gasteiger charge is -2.03. The molecule has 3 aromatic rings. The maximum absolute atomic E-state index is 5.87. The molecular weight excluding hydrogens is 238 g/mol. The maximum atomic E-state index is 5.87. The van der Waals surface area contributed by atoms with Gasteiger partial charge in [-0.3, -0.25) is 4.57 Å². The summed E-state index contributed by atoms with van der Waals surface area (Å²) < 4.78 is 1.73. The molecule has 0 aliphatic carbocycles. The molecule has 0 fully saturated rings. The number of nitrogen functional groups attached to an aromatic ring is 1. The van der Waals surface area contributed by atoms with Crippen molar-refractivity contribution in [3.05, 3.63) is 41.6 Å². The Balaban J connectivity index is 2.29. The Morgan fingerprint density at radius 2 is 1.88 bits per heavy atom. The number of fused-ring (bicyclic) bond motifs is 1. The zero-order valence-corrected chi connectivity index (χ0v) is 9.46. The van der Waals surface area contributed by atoms with Crippen molar-refractivity contribution in [1.29, 1.82) is 0 Å². The molecule has 6 heteroatoms. The summed E-state index contributed by atoms with van der Waals surface area (Å²) in [5.74, 6) is 0.975. The molecule has 3 rings (SSSR count). The van der Waals surface area contributed by atoms with E-state index in [2.05, 4.69) is 15.2 Å². The van der Waals surface area contributed by atoms with Crippen LogP contribution in [0.5, 0.6) is 0 Å². The quantitative estimate of drug-likeness (QED) is 0.712. The van der Waals surface area contributed by atoms with Crippen LogP contribution in [0.15, 0.2) is 36.4 Å². The standard InChI is InChI=1S/C11H8ClN5/c12-9-5-6-10(16-15-9)17-8-4-2-1-3-7(8)14-11(17)13/h1-6H,(H2,13,14). The van der Waals surface area contributed by atoms with Crippen LogP contribution in [0.3, 0.4) is 0 Å². The first-order chi connectivity index (χ1) is 8.25. The Labute approximate surface area is 102 Å². The van der Waals surface area contributed by atoms with Crippen LogP contribution in [-0.4, -0.2) is 19.7 Å². The molecule has 0 spiro atoms. The number of anilines is 1. The van der Waals surface area contributed by atoms with E-state index >= 15 is 0 Å². The number of rotatable bonds is 1. The molecule has 0 bridgehead atoms. The summed E-state index contributed by atoms with van der Waals surface area (Å²) in [6.45, 7) is 0. The molecule has 0 saturated heterocycles. The van der Waals surface area contributed by atoms with Gasteiger partial charge in [0.2, 0.25) is 5.95 Å². The average Bonchev–Trinajstić information content (AvgIpc) is 2.66. The highest BCUT2D eigenvalue weighted by Crippen LogP contribution is 2.21. The predicted octanol–water partition coefficient (Wildman–Crippen LogP) is 2.05. The van der Waals surface area contributed by atoms with Crippen molar-refractivity contribution in [2.24, 2.45) is 0 Å². The SMILES string of the molecule is Nc1nc2ccccc2n1-c1ccc(Cl)nn1. The number of hydrogen-bond donors (Lipinski definition) is 1. The Hall–Kier alpha value is -2.14. The Morgan fingerprint density at radius 1 is 1.06 bits per heavy atom. The highest BCUT2D eigenvalue weighted by molar-refractivity contribution is 6.29. The maximum Gasteiger partial charge on any atom is 0.207 e. The Morgan fingerprint density at radius 3 is 2.65 bits per heavy atom. The van der Waals surface area contributed by atoms with Crippen molar-refractivity contribution < 1.29 is 0 Å². The van der Waals surface area contributed by atoms with Crippen LogP contribution >= 0.6 is 11.6 Å². The van der Waals surface area contributed by atoms with Gasteiger partial charge >= 0.3 is 0 Å². The minimum Gasteiger partial charge on any atom is -0.369 e. The van der Waals surface area contributed by atoms with E-state index in [1.807, 2.05) is 24.3 Å². The van der Waals surface area contributed by atoms with Crippen molar-refractivity contribution in [3.8, 4) is 5.82 Å². The Kier molecular flexibility index (Phi) is 2.19. The van der Waals surface area contributed by atoms with Crippen LogP contribution in [-0.2, 0) is 0 Å². The van der Waals surface area contributed by atoms with Crippen molar-refractivity contribution in [3.63, 3.8) is 0 Å². The molecule has 0 unspecified atom stereocenters. The molecule has 1 aromatic carbocycles. The van der Waals surface area contributed by atoms with Gasteiger partial charge in [0.1, 0.15) is 0 Å². The van der Waals surface area contributed by atoms with Crippen molar-refractivity contribution in [2.45, 2.75) is 0 Å². The lowest BCUT2D eigenvalue weighted by molar-refractivity contribution is 0.936. The summed E-state index contributed by atoms with van der Waals surface area (Å²) in [5, 5.41) is 8.13. The van der Waals surface area contributed by atoms with Crippen LogP contribution in [0.2, 0.25) is 5.15 Å². The zero-order valence-electron chi connectivity index (χ0n) is 8.71. The Bertz CT molecular complexity index is 674. The molecule has 2 N–H and O–H groups in total. The summed E-state index contributed by atoms with van der Waals surface area (Å²) in [4.78, 5) is 4.25. The normalized spacial score (nSPS) is 10.9.